The first kappa shape index (κ1) is 12.7. The Morgan fingerprint density at radius 3 is 2.43 bits per heavy atom. The summed E-state index contributed by atoms with van der Waals surface area (Å²) in [7, 11) is 3.58. The number of carbonyl (C=O) groups excluding carboxylic acids is 1. The maximum atomic E-state index is 10.7. The van der Waals surface area contributed by atoms with Crippen molar-refractivity contribution in [3.8, 4) is 0 Å². The molecule has 6 N–H and O–H groups in total. The number of carbonyl (C=O) groups is 1. The Hall–Kier alpha value is -1.30. The Bertz CT molecular complexity index is 211. The van der Waals surface area contributed by atoms with Gasteiger partial charge in [-0.3, -0.25) is 16.5 Å². The fourth-order valence-corrected chi connectivity index (χ4v) is 1.18. The summed E-state index contributed by atoms with van der Waals surface area (Å²) >= 11 is 0. The van der Waals surface area contributed by atoms with Gasteiger partial charge in [-0.25, -0.2) is 0 Å². The molecule has 82 valence electrons. The van der Waals surface area contributed by atoms with E-state index in [1.165, 1.54) is 0 Å². The molecule has 0 bridgehead atoms. The third-order valence-corrected chi connectivity index (χ3v) is 1.98. The van der Waals surface area contributed by atoms with Gasteiger partial charge in [0.1, 0.15) is 6.04 Å². The third-order valence-electron chi connectivity index (χ3n) is 1.98. The molecular weight excluding hydrogens is 184 g/mol. The standard InChI is InChI=1S/C8H18N4O2/c1-12(2)6(7(13)14)4-3-5-11-8(9)10/h6H,3-5H2,1-2H3,(H,13,14)(H4,9,10,11)/p+1. The summed E-state index contributed by atoms with van der Waals surface area (Å²) in [5, 5.41) is 10.7. The Kier molecular flexibility index (Phi) is 5.62. The van der Waals surface area contributed by atoms with Gasteiger partial charge in [-0.1, -0.05) is 0 Å². The maximum Gasteiger partial charge on any atom is 0.338 e. The fraction of sp³-hybridized carbons (Fsp3) is 0.750. The van der Waals surface area contributed by atoms with Crippen LogP contribution in [0.2, 0.25) is 0 Å². The highest BCUT2D eigenvalue weighted by atomic mass is 16.4. The molecule has 0 rings (SSSR count). The predicted molar refractivity (Wildman–Crippen MR) is 50.1 cm³/mol. The average molecular weight is 203 g/mol. The predicted octanol–water partition coefficient (Wildman–Crippen LogP) is -5.62. The van der Waals surface area contributed by atoms with Gasteiger partial charge in [-0.15, -0.1) is 0 Å². The van der Waals surface area contributed by atoms with Crippen LogP contribution in [-0.2, 0) is 4.79 Å². The molecule has 0 aromatic rings. The van der Waals surface area contributed by atoms with E-state index in [4.69, 9.17) is 11.5 Å². The number of quaternary nitrogens is 1. The molecule has 1 unspecified atom stereocenters. The van der Waals surface area contributed by atoms with E-state index >= 15 is 0 Å². The van der Waals surface area contributed by atoms with Gasteiger partial charge < -0.3 is 14.8 Å². The summed E-state index contributed by atoms with van der Waals surface area (Å²) in [4.78, 5) is 14.2. The number of carboxylic acids is 1. The number of carboxylic acid groups (broad SMARTS) is 1. The summed E-state index contributed by atoms with van der Waals surface area (Å²) < 4.78 is 0. The maximum absolute atomic E-state index is 10.7. The fourth-order valence-electron chi connectivity index (χ4n) is 1.18. The van der Waals surface area contributed by atoms with Crippen LogP contribution < -0.4 is 26.5 Å². The second-order valence-electron chi connectivity index (χ2n) is 3.47. The lowest BCUT2D eigenvalue weighted by Gasteiger charge is -2.21. The van der Waals surface area contributed by atoms with Crippen molar-refractivity contribution in [2.24, 2.45) is 11.5 Å². The molecule has 6 heteroatoms. The lowest BCUT2D eigenvalue weighted by atomic mass is 10.1. The zero-order valence-corrected chi connectivity index (χ0v) is 8.67. The van der Waals surface area contributed by atoms with Crippen LogP contribution in [-0.4, -0.2) is 38.6 Å². The van der Waals surface area contributed by atoms with Crippen LogP contribution in [0, 0.1) is 0 Å². The van der Waals surface area contributed by atoms with Crippen molar-refractivity contribution in [3.05, 3.63) is 0 Å². The highest BCUT2D eigenvalue weighted by Gasteiger charge is 2.15. The zero-order valence-electron chi connectivity index (χ0n) is 8.67. The van der Waals surface area contributed by atoms with Crippen LogP contribution in [0.5, 0.6) is 0 Å². The summed E-state index contributed by atoms with van der Waals surface area (Å²) in [5.74, 6) is -0.859. The van der Waals surface area contributed by atoms with Crippen LogP contribution in [0.4, 0.5) is 0 Å². The third kappa shape index (κ3) is 5.36. The Morgan fingerprint density at radius 2 is 2.07 bits per heavy atom. The number of nitrogens with one attached hydrogen (secondary N) is 2. The van der Waals surface area contributed by atoms with Crippen molar-refractivity contribution in [3.63, 3.8) is 0 Å². The van der Waals surface area contributed by atoms with Crippen LogP contribution in [0.25, 0.3) is 0 Å². The lowest BCUT2D eigenvalue weighted by Crippen LogP contribution is -3.11. The topological polar surface area (TPSA) is 111 Å². The quantitative estimate of drug-likeness (QED) is 0.196. The number of likely N-dealkylation sites (N-methyl/N-ethyl adjacent to an activating group) is 1. The monoisotopic (exact) mass is 203 g/mol. The summed E-state index contributed by atoms with van der Waals surface area (Å²) in [5.41, 5.74) is 10.4. The Morgan fingerprint density at radius 1 is 1.50 bits per heavy atom. The molecule has 0 radical (unpaired) electrons. The van der Waals surface area contributed by atoms with Crippen molar-refractivity contribution in [2.45, 2.75) is 18.9 Å². The van der Waals surface area contributed by atoms with Gasteiger partial charge in [0.2, 0.25) is 0 Å². The number of hydrogen-bond acceptors (Lipinski definition) is 2. The molecule has 0 aliphatic carbocycles. The molecule has 0 aliphatic heterocycles. The van der Waals surface area contributed by atoms with Crippen molar-refractivity contribution >= 4 is 11.9 Å². The van der Waals surface area contributed by atoms with E-state index in [-0.39, 0.29) is 5.96 Å². The molecule has 0 saturated heterocycles. The van der Waals surface area contributed by atoms with Crippen molar-refractivity contribution < 1.29 is 19.8 Å². The van der Waals surface area contributed by atoms with E-state index in [9.17, 15) is 9.90 Å². The van der Waals surface area contributed by atoms with Crippen LogP contribution >= 0.6 is 0 Å². The van der Waals surface area contributed by atoms with Crippen molar-refractivity contribution in [1.82, 2.24) is 0 Å². The van der Waals surface area contributed by atoms with Crippen LogP contribution in [0.1, 0.15) is 12.8 Å². The van der Waals surface area contributed by atoms with Gasteiger partial charge in [0.15, 0.2) is 0 Å². The second-order valence-corrected chi connectivity index (χ2v) is 3.47. The van der Waals surface area contributed by atoms with Gasteiger partial charge in [0.25, 0.3) is 0 Å². The van der Waals surface area contributed by atoms with Gasteiger partial charge in [0.05, 0.1) is 26.6 Å². The minimum Gasteiger partial charge on any atom is -0.544 e. The number of nitrogens with two attached hydrogens (primary N) is 2. The van der Waals surface area contributed by atoms with E-state index in [0.29, 0.717) is 19.4 Å². The molecule has 6 nitrogen and oxygen atoms in total. The molecule has 0 amide bonds. The summed E-state index contributed by atoms with van der Waals surface area (Å²) in [6.45, 7) is 0.583. The summed E-state index contributed by atoms with van der Waals surface area (Å²) in [6, 6.07) is -0.476. The smallest absolute Gasteiger partial charge is 0.338 e. The highest BCUT2D eigenvalue weighted by Crippen LogP contribution is 1.89. The van der Waals surface area contributed by atoms with Crippen LogP contribution in [0.3, 0.4) is 0 Å². The molecule has 0 saturated carbocycles. The SMILES string of the molecule is C[NH+](C)C(CCC[NH+]=C(N)N)C(=O)[O-]. The molecule has 0 aliphatic rings. The van der Waals surface area contributed by atoms with Gasteiger partial charge >= 0.3 is 5.96 Å². The normalized spacial score (nSPS) is 12.5. The number of rotatable bonds is 6. The minimum atomic E-state index is -1.02. The van der Waals surface area contributed by atoms with Gasteiger partial charge in [-0.05, 0) is 6.42 Å². The molecule has 14 heavy (non-hydrogen) atoms. The van der Waals surface area contributed by atoms with E-state index in [1.807, 2.05) is 0 Å². The molecule has 0 aromatic carbocycles. The van der Waals surface area contributed by atoms with E-state index in [0.717, 1.165) is 4.90 Å². The van der Waals surface area contributed by atoms with E-state index in [1.54, 1.807) is 14.1 Å². The molecule has 0 aromatic heterocycles. The number of guanidine groups is 1. The molecule has 1 atom stereocenters. The van der Waals surface area contributed by atoms with Gasteiger partial charge in [0, 0.05) is 6.42 Å². The van der Waals surface area contributed by atoms with Gasteiger partial charge in [-0.2, -0.15) is 0 Å². The number of aliphatic carboxylic acids is 1. The number of hydrogen-bond donors (Lipinski definition) is 4. The average Bonchev–Trinajstić information content (AvgIpc) is 2.01. The Balaban J connectivity index is 3.84. The molecule has 0 fully saturated rings. The molecule has 0 spiro atoms. The van der Waals surface area contributed by atoms with E-state index in [2.05, 4.69) is 4.99 Å². The lowest BCUT2D eigenvalue weighted by molar-refractivity contribution is -0.879. The minimum absolute atomic E-state index is 0.159. The first-order chi connectivity index (χ1) is 6.45. The van der Waals surface area contributed by atoms with Crippen LogP contribution in [0.15, 0.2) is 0 Å². The molecule has 0 heterocycles. The highest BCUT2D eigenvalue weighted by molar-refractivity contribution is 5.69. The Labute approximate surface area is 83.6 Å². The van der Waals surface area contributed by atoms with Crippen molar-refractivity contribution in [2.75, 3.05) is 20.6 Å². The van der Waals surface area contributed by atoms with E-state index < -0.39 is 12.0 Å². The summed E-state index contributed by atoms with van der Waals surface area (Å²) in [6.07, 6.45) is 1.24. The zero-order chi connectivity index (χ0) is 11.1. The molecular formula is C8H19N4O2+. The first-order valence-electron chi connectivity index (χ1n) is 4.57. The first-order valence-corrected chi connectivity index (χ1v) is 4.57. The second kappa shape index (κ2) is 6.20. The van der Waals surface area contributed by atoms with Crippen molar-refractivity contribution in [1.29, 1.82) is 0 Å². The largest absolute Gasteiger partial charge is 0.544 e.